The number of nitrogen functional groups attached to an aromatic ring is 1. The molecule has 21 heavy (non-hydrogen) atoms. The first-order valence-electron chi connectivity index (χ1n) is 7.50. The van der Waals surface area contributed by atoms with Gasteiger partial charge in [0.25, 0.3) is 0 Å². The van der Waals surface area contributed by atoms with E-state index in [0.29, 0.717) is 6.10 Å². The van der Waals surface area contributed by atoms with E-state index in [-0.39, 0.29) is 0 Å². The molecule has 0 radical (unpaired) electrons. The minimum atomic E-state index is 0.406. The van der Waals surface area contributed by atoms with Crippen molar-refractivity contribution in [3.63, 3.8) is 0 Å². The fourth-order valence-corrected chi connectivity index (χ4v) is 2.96. The lowest BCUT2D eigenvalue weighted by molar-refractivity contribution is 0.0819. The monoisotopic (exact) mass is 282 g/mol. The molecule has 0 aromatic heterocycles. The van der Waals surface area contributed by atoms with E-state index in [4.69, 9.17) is 10.5 Å². The minimum absolute atomic E-state index is 0.406. The highest BCUT2D eigenvalue weighted by Gasteiger charge is 2.19. The maximum atomic E-state index is 6.16. The van der Waals surface area contributed by atoms with Crippen LogP contribution in [-0.2, 0) is 4.74 Å². The molecule has 0 amide bonds. The van der Waals surface area contributed by atoms with Crippen LogP contribution in [0.3, 0.4) is 0 Å². The summed E-state index contributed by atoms with van der Waals surface area (Å²) in [5, 5.41) is 0. The van der Waals surface area contributed by atoms with Crippen molar-refractivity contribution >= 4 is 11.4 Å². The van der Waals surface area contributed by atoms with E-state index < -0.39 is 0 Å². The molecule has 2 N–H and O–H groups in total. The molecule has 1 saturated heterocycles. The molecule has 0 saturated carbocycles. The summed E-state index contributed by atoms with van der Waals surface area (Å²) in [6, 6.07) is 16.7. The van der Waals surface area contributed by atoms with Gasteiger partial charge < -0.3 is 15.4 Å². The highest BCUT2D eigenvalue weighted by atomic mass is 16.5. The second-order valence-corrected chi connectivity index (χ2v) is 5.56. The van der Waals surface area contributed by atoms with E-state index in [2.05, 4.69) is 29.2 Å². The van der Waals surface area contributed by atoms with Crippen LogP contribution in [-0.4, -0.2) is 26.3 Å². The lowest BCUT2D eigenvalue weighted by Crippen LogP contribution is -2.36. The summed E-state index contributed by atoms with van der Waals surface area (Å²) < 4.78 is 5.44. The fourth-order valence-electron chi connectivity index (χ4n) is 2.96. The molecule has 1 aliphatic rings. The van der Waals surface area contributed by atoms with Crippen LogP contribution in [0.25, 0.3) is 11.1 Å². The first-order chi connectivity index (χ1) is 10.3. The van der Waals surface area contributed by atoms with Gasteiger partial charge in [0.1, 0.15) is 0 Å². The summed E-state index contributed by atoms with van der Waals surface area (Å²) in [6.07, 6.45) is 2.58. The Hall–Kier alpha value is -2.00. The Kier molecular flexibility index (Phi) is 4.11. The summed E-state index contributed by atoms with van der Waals surface area (Å²) in [7, 11) is 1.80. The Morgan fingerprint density at radius 3 is 2.43 bits per heavy atom. The lowest BCUT2D eigenvalue weighted by atomic mass is 10.0. The van der Waals surface area contributed by atoms with Crippen molar-refractivity contribution in [2.24, 2.45) is 0 Å². The van der Waals surface area contributed by atoms with Gasteiger partial charge in [0.05, 0.1) is 6.10 Å². The molecule has 0 bridgehead atoms. The maximum absolute atomic E-state index is 6.16. The van der Waals surface area contributed by atoms with Crippen molar-refractivity contribution in [2.45, 2.75) is 18.9 Å². The van der Waals surface area contributed by atoms with Crippen molar-refractivity contribution in [1.82, 2.24) is 0 Å². The van der Waals surface area contributed by atoms with Crippen LogP contribution in [0.1, 0.15) is 12.8 Å². The molecular formula is C18H22N2O. The summed E-state index contributed by atoms with van der Waals surface area (Å²) in [5.74, 6) is 0. The quantitative estimate of drug-likeness (QED) is 0.875. The summed E-state index contributed by atoms with van der Waals surface area (Å²) in [5.41, 5.74) is 10.5. The molecule has 0 aliphatic carbocycles. The summed E-state index contributed by atoms with van der Waals surface area (Å²) in [4.78, 5) is 2.42. The smallest absolute Gasteiger partial charge is 0.0605 e. The van der Waals surface area contributed by atoms with E-state index >= 15 is 0 Å². The Balaban J connectivity index is 1.85. The highest BCUT2D eigenvalue weighted by molar-refractivity contribution is 5.79. The van der Waals surface area contributed by atoms with Gasteiger partial charge >= 0.3 is 0 Å². The van der Waals surface area contributed by atoms with Crippen LogP contribution in [0.4, 0.5) is 11.4 Å². The van der Waals surface area contributed by atoms with E-state index in [9.17, 15) is 0 Å². The highest BCUT2D eigenvalue weighted by Crippen LogP contribution is 2.31. The molecule has 0 unspecified atom stereocenters. The minimum Gasteiger partial charge on any atom is -0.398 e. The fraction of sp³-hybridized carbons (Fsp3) is 0.333. The third kappa shape index (κ3) is 3.03. The maximum Gasteiger partial charge on any atom is 0.0605 e. The number of benzene rings is 2. The molecule has 1 fully saturated rings. The predicted octanol–water partition coefficient (Wildman–Crippen LogP) is 3.55. The van der Waals surface area contributed by atoms with Gasteiger partial charge in [0.2, 0.25) is 0 Å². The van der Waals surface area contributed by atoms with Crippen LogP contribution in [0.15, 0.2) is 48.5 Å². The molecule has 3 heteroatoms. The van der Waals surface area contributed by atoms with Crippen LogP contribution in [0.2, 0.25) is 0 Å². The number of rotatable bonds is 3. The SMILES string of the molecule is COC1CCN(c2ccc(N)c(-c3ccccc3)c2)CC1. The average Bonchev–Trinajstić information content (AvgIpc) is 2.56. The number of hydrogen-bond acceptors (Lipinski definition) is 3. The van der Waals surface area contributed by atoms with Crippen molar-refractivity contribution in [3.05, 3.63) is 48.5 Å². The van der Waals surface area contributed by atoms with Gasteiger partial charge in [-0.1, -0.05) is 30.3 Å². The van der Waals surface area contributed by atoms with Gasteiger partial charge in [-0.05, 0) is 36.6 Å². The molecule has 2 aromatic carbocycles. The van der Waals surface area contributed by atoms with E-state index in [0.717, 1.165) is 37.2 Å². The third-order valence-electron chi connectivity index (χ3n) is 4.26. The molecular weight excluding hydrogens is 260 g/mol. The molecule has 0 spiro atoms. The first-order valence-corrected chi connectivity index (χ1v) is 7.50. The summed E-state index contributed by atoms with van der Waals surface area (Å²) >= 11 is 0. The second-order valence-electron chi connectivity index (χ2n) is 5.56. The van der Waals surface area contributed by atoms with Crippen LogP contribution < -0.4 is 10.6 Å². The average molecular weight is 282 g/mol. The van der Waals surface area contributed by atoms with Crippen molar-refractivity contribution in [3.8, 4) is 11.1 Å². The first kappa shape index (κ1) is 14.0. The zero-order valence-electron chi connectivity index (χ0n) is 12.5. The van der Waals surface area contributed by atoms with Gasteiger partial charge in [0, 0.05) is 37.1 Å². The molecule has 0 atom stereocenters. The summed E-state index contributed by atoms with van der Waals surface area (Å²) in [6.45, 7) is 2.08. The number of anilines is 2. The van der Waals surface area contributed by atoms with Crippen molar-refractivity contribution < 1.29 is 4.74 Å². The van der Waals surface area contributed by atoms with Crippen LogP contribution in [0.5, 0.6) is 0 Å². The van der Waals surface area contributed by atoms with E-state index in [1.807, 2.05) is 24.3 Å². The third-order valence-corrected chi connectivity index (χ3v) is 4.26. The molecule has 1 heterocycles. The largest absolute Gasteiger partial charge is 0.398 e. The van der Waals surface area contributed by atoms with Crippen molar-refractivity contribution in [1.29, 1.82) is 0 Å². The van der Waals surface area contributed by atoms with E-state index in [1.54, 1.807) is 7.11 Å². The van der Waals surface area contributed by atoms with Crippen molar-refractivity contribution in [2.75, 3.05) is 30.8 Å². The number of methoxy groups -OCH3 is 1. The topological polar surface area (TPSA) is 38.5 Å². The van der Waals surface area contributed by atoms with Crippen LogP contribution >= 0.6 is 0 Å². The number of nitrogens with zero attached hydrogens (tertiary/aromatic N) is 1. The second kappa shape index (κ2) is 6.19. The van der Waals surface area contributed by atoms with Gasteiger partial charge in [0.15, 0.2) is 0 Å². The Morgan fingerprint density at radius 1 is 1.05 bits per heavy atom. The Morgan fingerprint density at radius 2 is 1.76 bits per heavy atom. The number of nitrogens with two attached hydrogens (primary N) is 1. The number of piperidine rings is 1. The molecule has 2 aromatic rings. The standard InChI is InChI=1S/C18H22N2O/c1-21-16-9-11-20(12-10-16)15-7-8-18(19)17(13-15)14-5-3-2-4-6-14/h2-8,13,16H,9-12,19H2,1H3. The predicted molar refractivity (Wildman–Crippen MR) is 88.5 cm³/mol. The van der Waals surface area contributed by atoms with Crippen LogP contribution in [0, 0.1) is 0 Å². The lowest BCUT2D eigenvalue weighted by Gasteiger charge is -2.33. The normalized spacial score (nSPS) is 16.1. The molecule has 3 rings (SSSR count). The molecule has 3 nitrogen and oxygen atoms in total. The van der Waals surface area contributed by atoms with Gasteiger partial charge in [-0.2, -0.15) is 0 Å². The number of hydrogen-bond donors (Lipinski definition) is 1. The van der Waals surface area contributed by atoms with Gasteiger partial charge in [-0.15, -0.1) is 0 Å². The number of ether oxygens (including phenoxy) is 1. The molecule has 1 aliphatic heterocycles. The van der Waals surface area contributed by atoms with Gasteiger partial charge in [-0.25, -0.2) is 0 Å². The Labute approximate surface area is 126 Å². The Bertz CT molecular complexity index is 589. The zero-order chi connectivity index (χ0) is 14.7. The van der Waals surface area contributed by atoms with Gasteiger partial charge in [-0.3, -0.25) is 0 Å². The van der Waals surface area contributed by atoms with E-state index in [1.165, 1.54) is 11.3 Å². The molecule has 110 valence electrons. The zero-order valence-corrected chi connectivity index (χ0v) is 12.5.